The van der Waals surface area contributed by atoms with Crippen LogP contribution in [0.1, 0.15) is 12.0 Å². The number of rotatable bonds is 3. The van der Waals surface area contributed by atoms with Crippen molar-refractivity contribution in [2.24, 2.45) is 0 Å². The maximum atomic E-state index is 10.8. The fourth-order valence-electron chi connectivity index (χ4n) is 0.991. The molecule has 1 aromatic rings. The van der Waals surface area contributed by atoms with E-state index in [-0.39, 0.29) is 5.91 Å². The first-order valence-electron chi connectivity index (χ1n) is 3.93. The Kier molecular flexibility index (Phi) is 3.33. The van der Waals surface area contributed by atoms with E-state index in [0.29, 0.717) is 6.42 Å². The summed E-state index contributed by atoms with van der Waals surface area (Å²) in [4.78, 5) is 10.8. The minimum atomic E-state index is -0.0150. The van der Waals surface area contributed by atoms with Gasteiger partial charge in [0, 0.05) is 13.5 Å². The average molecular weight is 162 g/mol. The van der Waals surface area contributed by atoms with E-state index in [1.54, 1.807) is 0 Å². The minimum Gasteiger partial charge on any atom is -0.354 e. The van der Waals surface area contributed by atoms with Crippen LogP contribution in [0.3, 0.4) is 0 Å². The Bertz CT molecular complexity index is 243. The van der Waals surface area contributed by atoms with Crippen LogP contribution < -0.4 is 5.32 Å². The van der Waals surface area contributed by atoms with E-state index in [1.165, 1.54) is 5.56 Å². The highest BCUT2D eigenvalue weighted by atomic mass is 16.1. The molecule has 1 aromatic carbocycles. The summed E-state index contributed by atoms with van der Waals surface area (Å²) in [5.41, 5.74) is 1.18. The molecule has 0 heterocycles. The van der Waals surface area contributed by atoms with Gasteiger partial charge >= 0.3 is 0 Å². The van der Waals surface area contributed by atoms with Crippen molar-refractivity contribution in [1.29, 1.82) is 0 Å². The summed E-state index contributed by atoms with van der Waals surface area (Å²) in [6.45, 7) is 0. The zero-order valence-corrected chi connectivity index (χ0v) is 6.92. The second-order valence-electron chi connectivity index (χ2n) is 2.59. The molecule has 0 spiro atoms. The van der Waals surface area contributed by atoms with Gasteiger partial charge in [0.15, 0.2) is 0 Å². The number of hydrogen-bond acceptors (Lipinski definition) is 1. The van der Waals surface area contributed by atoms with Crippen LogP contribution in [0.2, 0.25) is 0 Å². The highest BCUT2D eigenvalue weighted by Crippen LogP contribution is 2.01. The van der Waals surface area contributed by atoms with Gasteiger partial charge in [-0.1, -0.05) is 30.3 Å². The van der Waals surface area contributed by atoms with Crippen LogP contribution in [0, 0.1) is 7.05 Å². The highest BCUT2D eigenvalue weighted by Gasteiger charge is 1.97. The maximum Gasteiger partial charge on any atom is 0.220 e. The second-order valence-corrected chi connectivity index (χ2v) is 2.59. The molecule has 0 saturated carbocycles. The van der Waals surface area contributed by atoms with E-state index >= 15 is 0 Å². The van der Waals surface area contributed by atoms with Crippen molar-refractivity contribution in [3.63, 3.8) is 0 Å². The van der Waals surface area contributed by atoms with Crippen LogP contribution in [0.15, 0.2) is 30.3 Å². The Labute approximate surface area is 72.6 Å². The Morgan fingerprint density at radius 1 is 1.33 bits per heavy atom. The van der Waals surface area contributed by atoms with Crippen molar-refractivity contribution >= 4 is 5.91 Å². The van der Waals surface area contributed by atoms with Gasteiger partial charge in [0.05, 0.1) is 0 Å². The molecular weight excluding hydrogens is 150 g/mol. The summed E-state index contributed by atoms with van der Waals surface area (Å²) < 4.78 is 0. The Hall–Kier alpha value is -1.31. The number of amides is 1. The lowest BCUT2D eigenvalue weighted by atomic mass is 10.1. The SMILES string of the molecule is [CH2]NC(=O)CCc1ccccc1. The molecule has 0 bridgehead atoms. The molecule has 0 aliphatic carbocycles. The third kappa shape index (κ3) is 2.74. The lowest BCUT2D eigenvalue weighted by molar-refractivity contribution is -0.120. The number of nitrogens with one attached hydrogen (secondary N) is 1. The molecule has 0 aliphatic rings. The lowest BCUT2D eigenvalue weighted by Crippen LogP contribution is -2.15. The molecule has 0 unspecified atom stereocenters. The third-order valence-electron chi connectivity index (χ3n) is 1.68. The molecule has 0 saturated heterocycles. The van der Waals surface area contributed by atoms with E-state index in [2.05, 4.69) is 12.4 Å². The lowest BCUT2D eigenvalue weighted by Gasteiger charge is -1.99. The van der Waals surface area contributed by atoms with Crippen LogP contribution in [-0.2, 0) is 11.2 Å². The summed E-state index contributed by atoms with van der Waals surface area (Å²) >= 11 is 0. The number of hydrogen-bond donors (Lipinski definition) is 1. The van der Waals surface area contributed by atoms with Crippen LogP contribution in [0.5, 0.6) is 0 Å². The number of aryl methyl sites for hydroxylation is 1. The Morgan fingerprint density at radius 3 is 2.58 bits per heavy atom. The summed E-state index contributed by atoms with van der Waals surface area (Å²) in [7, 11) is 3.30. The van der Waals surface area contributed by atoms with E-state index < -0.39 is 0 Å². The van der Waals surface area contributed by atoms with Crippen molar-refractivity contribution in [3.05, 3.63) is 42.9 Å². The quantitative estimate of drug-likeness (QED) is 0.717. The van der Waals surface area contributed by atoms with Gasteiger partial charge in [0.2, 0.25) is 5.91 Å². The van der Waals surface area contributed by atoms with Gasteiger partial charge in [-0.2, -0.15) is 0 Å². The summed E-state index contributed by atoms with van der Waals surface area (Å²) in [5, 5.41) is 2.35. The molecule has 0 aliphatic heterocycles. The fraction of sp³-hybridized carbons (Fsp3) is 0.200. The van der Waals surface area contributed by atoms with E-state index in [9.17, 15) is 4.79 Å². The van der Waals surface area contributed by atoms with Gasteiger partial charge < -0.3 is 5.32 Å². The summed E-state index contributed by atoms with van der Waals surface area (Å²) in [6, 6.07) is 9.92. The molecule has 2 heteroatoms. The molecule has 0 aromatic heterocycles. The molecule has 1 N–H and O–H groups in total. The van der Waals surface area contributed by atoms with E-state index in [4.69, 9.17) is 0 Å². The molecule has 1 rings (SSSR count). The first kappa shape index (κ1) is 8.78. The normalized spacial score (nSPS) is 9.42. The average Bonchev–Trinajstić information content (AvgIpc) is 2.16. The van der Waals surface area contributed by atoms with Gasteiger partial charge in [0.25, 0.3) is 0 Å². The molecule has 1 radical (unpaired) electrons. The van der Waals surface area contributed by atoms with Crippen molar-refractivity contribution in [3.8, 4) is 0 Å². The number of carbonyl (C=O) groups excluding carboxylic acids is 1. The van der Waals surface area contributed by atoms with Crippen LogP contribution in [0.4, 0.5) is 0 Å². The van der Waals surface area contributed by atoms with Crippen LogP contribution in [-0.4, -0.2) is 5.91 Å². The van der Waals surface area contributed by atoms with Gasteiger partial charge in [-0.25, -0.2) is 0 Å². The maximum absolute atomic E-state index is 10.8. The Morgan fingerprint density at radius 2 is 2.00 bits per heavy atom. The summed E-state index contributed by atoms with van der Waals surface area (Å²) in [5.74, 6) is -0.0150. The predicted octanol–water partition coefficient (Wildman–Crippen LogP) is 1.53. The monoisotopic (exact) mass is 162 g/mol. The fourth-order valence-corrected chi connectivity index (χ4v) is 0.991. The Balaban J connectivity index is 2.38. The van der Waals surface area contributed by atoms with Crippen molar-refractivity contribution in [1.82, 2.24) is 5.32 Å². The smallest absolute Gasteiger partial charge is 0.220 e. The number of carbonyl (C=O) groups is 1. The molecule has 0 atom stereocenters. The standard InChI is InChI=1S/C10H12NO/c1-11-10(12)8-7-9-5-3-2-4-6-9/h2-6H,1,7-8H2,(H,11,12). The first-order valence-corrected chi connectivity index (χ1v) is 3.93. The highest BCUT2D eigenvalue weighted by molar-refractivity contribution is 5.76. The van der Waals surface area contributed by atoms with Crippen LogP contribution >= 0.6 is 0 Å². The van der Waals surface area contributed by atoms with E-state index in [0.717, 1.165) is 6.42 Å². The first-order chi connectivity index (χ1) is 5.83. The molecule has 2 nitrogen and oxygen atoms in total. The predicted molar refractivity (Wildman–Crippen MR) is 48.3 cm³/mol. The molecule has 1 amide bonds. The largest absolute Gasteiger partial charge is 0.354 e. The minimum absolute atomic E-state index is 0.0150. The zero-order valence-electron chi connectivity index (χ0n) is 6.92. The van der Waals surface area contributed by atoms with Gasteiger partial charge in [-0.15, -0.1) is 0 Å². The van der Waals surface area contributed by atoms with Crippen molar-refractivity contribution in [2.45, 2.75) is 12.8 Å². The van der Waals surface area contributed by atoms with Gasteiger partial charge in [-0.05, 0) is 12.0 Å². The van der Waals surface area contributed by atoms with Crippen molar-refractivity contribution < 1.29 is 4.79 Å². The number of benzene rings is 1. The second kappa shape index (κ2) is 4.54. The molecular formula is C10H12NO. The summed E-state index contributed by atoms with van der Waals surface area (Å²) in [6.07, 6.45) is 1.29. The third-order valence-corrected chi connectivity index (χ3v) is 1.68. The van der Waals surface area contributed by atoms with E-state index in [1.807, 2.05) is 30.3 Å². The van der Waals surface area contributed by atoms with Gasteiger partial charge in [-0.3, -0.25) is 4.79 Å². The molecule has 0 fully saturated rings. The molecule has 63 valence electrons. The van der Waals surface area contributed by atoms with Crippen LogP contribution in [0.25, 0.3) is 0 Å². The van der Waals surface area contributed by atoms with Gasteiger partial charge in [0.1, 0.15) is 0 Å². The molecule has 12 heavy (non-hydrogen) atoms. The van der Waals surface area contributed by atoms with Crippen molar-refractivity contribution in [2.75, 3.05) is 0 Å². The zero-order chi connectivity index (χ0) is 8.81. The topological polar surface area (TPSA) is 29.1 Å².